The predicted molar refractivity (Wildman–Crippen MR) is 99.1 cm³/mol. The highest BCUT2D eigenvalue weighted by Gasteiger charge is 2.19. The van der Waals surface area contributed by atoms with Gasteiger partial charge in [0.15, 0.2) is 0 Å². The van der Waals surface area contributed by atoms with Crippen LogP contribution in [0.15, 0.2) is 12.4 Å². The molecule has 0 saturated carbocycles. The van der Waals surface area contributed by atoms with Gasteiger partial charge in [-0.2, -0.15) is 5.10 Å². The third kappa shape index (κ3) is 4.28. The number of hydrogen-bond donors (Lipinski definition) is 2. The quantitative estimate of drug-likeness (QED) is 0.832. The maximum atomic E-state index is 9.66. The summed E-state index contributed by atoms with van der Waals surface area (Å²) in [6, 6.07) is 2.05. The summed E-state index contributed by atoms with van der Waals surface area (Å²) in [5.41, 5.74) is 3.58. The average molecular weight is 344 g/mol. The average Bonchev–Trinajstić information content (AvgIpc) is 2.94. The third-order valence-corrected chi connectivity index (χ3v) is 5.02. The maximum absolute atomic E-state index is 9.66. The van der Waals surface area contributed by atoms with Crippen LogP contribution in [0.5, 0.6) is 0 Å². The molecule has 1 saturated heterocycles. The Kier molecular flexibility index (Phi) is 5.53. The number of aryl methyl sites for hydroxylation is 2. The van der Waals surface area contributed by atoms with Crippen LogP contribution in [-0.2, 0) is 6.42 Å². The Balaban J connectivity index is 1.57. The van der Waals surface area contributed by atoms with E-state index in [-0.39, 0.29) is 6.10 Å². The first-order chi connectivity index (χ1) is 12.0. The fourth-order valence-corrected chi connectivity index (χ4v) is 3.36. The molecule has 136 valence electrons. The molecule has 0 bridgehead atoms. The van der Waals surface area contributed by atoms with Crippen molar-refractivity contribution in [3.63, 3.8) is 0 Å². The van der Waals surface area contributed by atoms with Crippen molar-refractivity contribution in [1.82, 2.24) is 20.2 Å². The molecule has 0 amide bonds. The predicted octanol–water partition coefficient (Wildman–Crippen LogP) is 1.85. The zero-order valence-electron chi connectivity index (χ0n) is 15.4. The van der Waals surface area contributed by atoms with Crippen molar-refractivity contribution >= 4 is 11.6 Å². The second-order valence-corrected chi connectivity index (χ2v) is 6.89. The van der Waals surface area contributed by atoms with Gasteiger partial charge in [0.05, 0.1) is 11.8 Å². The molecule has 0 atom stereocenters. The summed E-state index contributed by atoms with van der Waals surface area (Å²) in [7, 11) is 2.07. The van der Waals surface area contributed by atoms with Crippen LogP contribution in [-0.4, -0.2) is 58.1 Å². The smallest absolute Gasteiger partial charge is 0.134 e. The van der Waals surface area contributed by atoms with Gasteiger partial charge in [-0.1, -0.05) is 0 Å². The van der Waals surface area contributed by atoms with Crippen LogP contribution in [0.2, 0.25) is 0 Å². The Hall–Kier alpha value is -2.15. The van der Waals surface area contributed by atoms with Gasteiger partial charge in [-0.25, -0.2) is 9.97 Å². The van der Waals surface area contributed by atoms with Gasteiger partial charge in [0.25, 0.3) is 0 Å². The van der Waals surface area contributed by atoms with Crippen LogP contribution in [0.4, 0.5) is 11.6 Å². The fourth-order valence-electron chi connectivity index (χ4n) is 3.36. The van der Waals surface area contributed by atoms with E-state index in [1.165, 1.54) is 5.56 Å². The highest BCUT2D eigenvalue weighted by Crippen LogP contribution is 2.21. The second kappa shape index (κ2) is 7.82. The molecule has 2 N–H and O–H groups in total. The van der Waals surface area contributed by atoms with Crippen molar-refractivity contribution in [3.05, 3.63) is 29.3 Å². The summed E-state index contributed by atoms with van der Waals surface area (Å²) >= 11 is 0. The van der Waals surface area contributed by atoms with E-state index in [1.54, 1.807) is 6.33 Å². The highest BCUT2D eigenvalue weighted by molar-refractivity contribution is 5.50. The molecule has 2 aromatic heterocycles. The molecule has 0 aromatic carbocycles. The van der Waals surface area contributed by atoms with E-state index in [2.05, 4.69) is 50.9 Å². The van der Waals surface area contributed by atoms with E-state index in [0.717, 1.165) is 68.3 Å². The number of nitrogens with one attached hydrogen (secondary N) is 1. The number of rotatable bonds is 6. The molecule has 0 unspecified atom stereocenters. The molecule has 2 aromatic rings. The normalized spacial score (nSPS) is 15.6. The van der Waals surface area contributed by atoms with Gasteiger partial charge in [0, 0.05) is 38.4 Å². The topological polar surface area (TPSA) is 81.2 Å². The van der Waals surface area contributed by atoms with E-state index >= 15 is 0 Å². The van der Waals surface area contributed by atoms with E-state index < -0.39 is 0 Å². The van der Waals surface area contributed by atoms with Crippen molar-refractivity contribution in [2.24, 2.45) is 0 Å². The summed E-state index contributed by atoms with van der Waals surface area (Å²) in [4.78, 5) is 13.2. The number of nitrogens with zero attached hydrogens (tertiary/aromatic N) is 5. The van der Waals surface area contributed by atoms with E-state index in [4.69, 9.17) is 0 Å². The number of anilines is 2. The first-order valence-corrected chi connectivity index (χ1v) is 9.01. The van der Waals surface area contributed by atoms with E-state index in [0.29, 0.717) is 0 Å². The van der Waals surface area contributed by atoms with E-state index in [1.807, 2.05) is 6.07 Å². The Morgan fingerprint density at radius 3 is 2.72 bits per heavy atom. The molecule has 7 heteroatoms. The number of aromatic nitrogens is 4. The van der Waals surface area contributed by atoms with Crippen LogP contribution < -0.4 is 9.80 Å². The summed E-state index contributed by atoms with van der Waals surface area (Å²) in [5, 5.41) is 17.0. The van der Waals surface area contributed by atoms with Crippen molar-refractivity contribution in [1.29, 1.82) is 0 Å². The summed E-state index contributed by atoms with van der Waals surface area (Å²) in [5.74, 6) is 1.89. The zero-order chi connectivity index (χ0) is 17.8. The number of aliphatic hydroxyl groups is 1. The van der Waals surface area contributed by atoms with Gasteiger partial charge < -0.3 is 14.9 Å². The lowest BCUT2D eigenvalue weighted by Gasteiger charge is -2.31. The van der Waals surface area contributed by atoms with Crippen LogP contribution in [0.3, 0.4) is 0 Å². The van der Waals surface area contributed by atoms with E-state index in [9.17, 15) is 5.11 Å². The lowest BCUT2D eigenvalue weighted by molar-refractivity contribution is 0.145. The SMILES string of the molecule is Cc1n[nH]c(C)c1CCCN(C)c1cc(N2CCC(O)CC2)ncn1. The van der Waals surface area contributed by atoms with Gasteiger partial charge in [-0.15, -0.1) is 0 Å². The molecule has 0 aliphatic carbocycles. The Labute approximate surface area is 149 Å². The highest BCUT2D eigenvalue weighted by atomic mass is 16.3. The summed E-state index contributed by atoms with van der Waals surface area (Å²) in [6.45, 7) is 6.75. The molecule has 1 aliphatic heterocycles. The Morgan fingerprint density at radius 2 is 2.04 bits per heavy atom. The number of aliphatic hydroxyl groups excluding tert-OH is 1. The van der Waals surface area contributed by atoms with Crippen LogP contribution >= 0.6 is 0 Å². The first kappa shape index (κ1) is 17.7. The lowest BCUT2D eigenvalue weighted by atomic mass is 10.1. The van der Waals surface area contributed by atoms with Gasteiger partial charge in [0.2, 0.25) is 0 Å². The van der Waals surface area contributed by atoms with Gasteiger partial charge in [-0.3, -0.25) is 5.10 Å². The third-order valence-electron chi connectivity index (χ3n) is 5.02. The van der Waals surface area contributed by atoms with Gasteiger partial charge in [0.1, 0.15) is 18.0 Å². The monoisotopic (exact) mass is 344 g/mol. The van der Waals surface area contributed by atoms with Gasteiger partial charge in [-0.05, 0) is 45.1 Å². The standard InChI is InChI=1S/C18H28N6O/c1-13-16(14(2)22-21-13)5-4-8-23(3)17-11-18(20-12-19-17)24-9-6-15(25)7-10-24/h11-12,15,25H,4-10H2,1-3H3,(H,21,22). The molecule has 7 nitrogen and oxygen atoms in total. The molecule has 3 rings (SSSR count). The molecular weight excluding hydrogens is 316 g/mol. The molecular formula is C18H28N6O. The fraction of sp³-hybridized carbons (Fsp3) is 0.611. The number of piperidine rings is 1. The molecule has 0 spiro atoms. The lowest BCUT2D eigenvalue weighted by Crippen LogP contribution is -2.36. The largest absolute Gasteiger partial charge is 0.393 e. The first-order valence-electron chi connectivity index (χ1n) is 9.01. The number of hydrogen-bond acceptors (Lipinski definition) is 6. The molecule has 1 aliphatic rings. The van der Waals surface area contributed by atoms with Crippen LogP contribution in [0.1, 0.15) is 36.2 Å². The van der Waals surface area contributed by atoms with Crippen molar-refractivity contribution < 1.29 is 5.11 Å². The van der Waals surface area contributed by atoms with Gasteiger partial charge >= 0.3 is 0 Å². The minimum Gasteiger partial charge on any atom is -0.393 e. The number of H-pyrrole nitrogens is 1. The minimum atomic E-state index is -0.171. The van der Waals surface area contributed by atoms with Crippen molar-refractivity contribution in [2.45, 2.75) is 45.6 Å². The molecule has 3 heterocycles. The van der Waals surface area contributed by atoms with Crippen LogP contribution in [0, 0.1) is 13.8 Å². The number of aromatic amines is 1. The Morgan fingerprint density at radius 1 is 1.28 bits per heavy atom. The second-order valence-electron chi connectivity index (χ2n) is 6.89. The summed E-state index contributed by atoms with van der Waals surface area (Å²) in [6.07, 6.45) is 5.14. The van der Waals surface area contributed by atoms with Crippen molar-refractivity contribution in [3.8, 4) is 0 Å². The zero-order valence-corrected chi connectivity index (χ0v) is 15.4. The molecule has 1 fully saturated rings. The van der Waals surface area contributed by atoms with Crippen LogP contribution in [0.25, 0.3) is 0 Å². The summed E-state index contributed by atoms with van der Waals surface area (Å²) < 4.78 is 0. The molecule has 0 radical (unpaired) electrons. The maximum Gasteiger partial charge on any atom is 0.134 e. The van der Waals surface area contributed by atoms with Crippen molar-refractivity contribution in [2.75, 3.05) is 36.5 Å². The minimum absolute atomic E-state index is 0.171. The molecule has 25 heavy (non-hydrogen) atoms. The Bertz CT molecular complexity index is 673.